The van der Waals surface area contributed by atoms with Gasteiger partial charge in [0.15, 0.2) is 11.9 Å². The van der Waals surface area contributed by atoms with E-state index in [4.69, 9.17) is 14.2 Å². The molecule has 0 unspecified atom stereocenters. The van der Waals surface area contributed by atoms with Gasteiger partial charge < -0.3 is 19.1 Å². The molecule has 0 aromatic heterocycles. The predicted octanol–water partition coefficient (Wildman–Crippen LogP) is 2.04. The van der Waals surface area contributed by atoms with Crippen LogP contribution >= 0.6 is 0 Å². The molecule has 6 heteroatoms. The van der Waals surface area contributed by atoms with Crippen LogP contribution in [0, 0.1) is 0 Å². The summed E-state index contributed by atoms with van der Waals surface area (Å²) in [6, 6.07) is 9.21. The fourth-order valence-corrected chi connectivity index (χ4v) is 3.48. The summed E-state index contributed by atoms with van der Waals surface area (Å²) < 4.78 is 16.9. The third-order valence-electron chi connectivity index (χ3n) is 4.52. The Morgan fingerprint density at radius 1 is 1.29 bits per heavy atom. The Kier molecular flexibility index (Phi) is 4.36. The number of esters is 1. The van der Waals surface area contributed by atoms with Crippen LogP contribution in [0.4, 0.5) is 0 Å². The SMILES string of the molecule is CC(=O)OC[C@@H]1[C@@H]2OC(C)(C)O[C@@H]2C(=O)N1[C@H](C)c1ccccc1. The molecule has 0 bridgehead atoms. The maximum Gasteiger partial charge on any atom is 0.302 e. The number of benzene rings is 1. The lowest BCUT2D eigenvalue weighted by Gasteiger charge is -2.34. The number of fused-ring (bicyclic) bond motifs is 1. The van der Waals surface area contributed by atoms with Crippen molar-refractivity contribution in [1.29, 1.82) is 0 Å². The summed E-state index contributed by atoms with van der Waals surface area (Å²) >= 11 is 0. The molecule has 0 saturated carbocycles. The number of carbonyl (C=O) groups is 2. The number of amides is 1. The van der Waals surface area contributed by atoms with Gasteiger partial charge in [-0.05, 0) is 26.3 Å². The predicted molar refractivity (Wildman–Crippen MR) is 85.9 cm³/mol. The van der Waals surface area contributed by atoms with Crippen LogP contribution < -0.4 is 0 Å². The molecule has 4 atom stereocenters. The average Bonchev–Trinajstić information content (AvgIpc) is 2.97. The summed E-state index contributed by atoms with van der Waals surface area (Å²) in [6.07, 6.45) is -1.11. The number of likely N-dealkylation sites (tertiary alicyclic amines) is 1. The lowest BCUT2D eigenvalue weighted by Crippen LogP contribution is -2.44. The zero-order valence-corrected chi connectivity index (χ0v) is 14.4. The fraction of sp³-hybridized carbons (Fsp3) is 0.556. The molecule has 1 aromatic rings. The first kappa shape index (κ1) is 16.9. The highest BCUT2D eigenvalue weighted by molar-refractivity contribution is 5.85. The molecule has 2 fully saturated rings. The van der Waals surface area contributed by atoms with Crippen molar-refractivity contribution in [2.75, 3.05) is 6.61 Å². The highest BCUT2D eigenvalue weighted by atomic mass is 16.8. The Morgan fingerprint density at radius 2 is 1.96 bits per heavy atom. The van der Waals surface area contributed by atoms with Gasteiger partial charge in [0.05, 0.1) is 12.1 Å². The zero-order chi connectivity index (χ0) is 17.5. The minimum absolute atomic E-state index is 0.0961. The van der Waals surface area contributed by atoms with E-state index in [9.17, 15) is 9.59 Å². The van der Waals surface area contributed by atoms with Crippen molar-refractivity contribution in [3.05, 3.63) is 35.9 Å². The highest BCUT2D eigenvalue weighted by Crippen LogP contribution is 2.41. The second-order valence-electron chi connectivity index (χ2n) is 6.72. The molecule has 2 heterocycles. The molecule has 3 rings (SSSR count). The van der Waals surface area contributed by atoms with Crippen LogP contribution in [-0.4, -0.2) is 47.4 Å². The Bertz CT molecular complexity index is 630. The maximum atomic E-state index is 12.9. The van der Waals surface area contributed by atoms with Crippen molar-refractivity contribution < 1.29 is 23.8 Å². The van der Waals surface area contributed by atoms with Crippen molar-refractivity contribution in [3.63, 3.8) is 0 Å². The van der Waals surface area contributed by atoms with Gasteiger partial charge in [0, 0.05) is 6.92 Å². The molecule has 0 N–H and O–H groups in total. The maximum absolute atomic E-state index is 12.9. The second-order valence-corrected chi connectivity index (χ2v) is 6.72. The molecular formula is C18H23NO5. The number of ether oxygens (including phenoxy) is 3. The molecule has 6 nitrogen and oxygen atoms in total. The summed E-state index contributed by atoms with van der Waals surface area (Å²) in [7, 11) is 0. The van der Waals surface area contributed by atoms with Crippen LogP contribution in [0.5, 0.6) is 0 Å². The normalized spacial score (nSPS) is 29.4. The molecule has 0 aliphatic carbocycles. The summed E-state index contributed by atoms with van der Waals surface area (Å²) in [5.74, 6) is -1.32. The molecule has 2 aliphatic heterocycles. The third kappa shape index (κ3) is 3.03. The van der Waals surface area contributed by atoms with E-state index in [-0.39, 0.29) is 30.6 Å². The summed E-state index contributed by atoms with van der Waals surface area (Å²) in [6.45, 7) is 6.98. The van der Waals surface area contributed by atoms with Crippen LogP contribution in [0.2, 0.25) is 0 Å². The smallest absolute Gasteiger partial charge is 0.302 e. The third-order valence-corrected chi connectivity index (χ3v) is 4.52. The van der Waals surface area contributed by atoms with Gasteiger partial charge in [0.2, 0.25) is 0 Å². The van der Waals surface area contributed by atoms with Crippen molar-refractivity contribution in [3.8, 4) is 0 Å². The van der Waals surface area contributed by atoms with Crippen molar-refractivity contribution in [2.24, 2.45) is 0 Å². The quantitative estimate of drug-likeness (QED) is 0.789. The van der Waals surface area contributed by atoms with Gasteiger partial charge in [0.25, 0.3) is 5.91 Å². The van der Waals surface area contributed by atoms with Crippen LogP contribution in [0.1, 0.15) is 39.3 Å². The standard InChI is InChI=1S/C18H23NO5/c1-11(13-8-6-5-7-9-13)19-14(10-22-12(2)20)15-16(17(19)21)24-18(3,4)23-15/h5-9,11,14-16H,10H2,1-4H3/t11-,14-,15+,16+/m1/s1. The first-order valence-corrected chi connectivity index (χ1v) is 8.16. The lowest BCUT2D eigenvalue weighted by molar-refractivity contribution is -0.178. The van der Waals surface area contributed by atoms with Gasteiger partial charge in [-0.25, -0.2) is 0 Å². The summed E-state index contributed by atoms with van der Waals surface area (Å²) in [5, 5.41) is 0. The van der Waals surface area contributed by atoms with E-state index in [1.54, 1.807) is 18.7 Å². The second kappa shape index (κ2) is 6.18. The van der Waals surface area contributed by atoms with Crippen LogP contribution in [0.25, 0.3) is 0 Å². The minimum atomic E-state index is -0.818. The van der Waals surface area contributed by atoms with Crippen LogP contribution in [0.3, 0.4) is 0 Å². The zero-order valence-electron chi connectivity index (χ0n) is 14.4. The first-order chi connectivity index (χ1) is 11.3. The van der Waals surface area contributed by atoms with Gasteiger partial charge in [-0.1, -0.05) is 30.3 Å². The van der Waals surface area contributed by atoms with Gasteiger partial charge >= 0.3 is 5.97 Å². The van der Waals surface area contributed by atoms with E-state index in [1.807, 2.05) is 37.3 Å². The largest absolute Gasteiger partial charge is 0.464 e. The van der Waals surface area contributed by atoms with E-state index >= 15 is 0 Å². The first-order valence-electron chi connectivity index (χ1n) is 8.16. The number of hydrogen-bond acceptors (Lipinski definition) is 5. The van der Waals surface area contributed by atoms with E-state index in [0.717, 1.165) is 5.56 Å². The molecule has 1 amide bonds. The molecule has 130 valence electrons. The molecule has 2 saturated heterocycles. The van der Waals surface area contributed by atoms with E-state index < -0.39 is 18.0 Å². The topological polar surface area (TPSA) is 65.1 Å². The van der Waals surface area contributed by atoms with Gasteiger partial charge in [-0.2, -0.15) is 0 Å². The highest BCUT2D eigenvalue weighted by Gasteiger charge is 2.58. The van der Waals surface area contributed by atoms with E-state index in [0.29, 0.717) is 0 Å². The lowest BCUT2D eigenvalue weighted by atomic mass is 10.1. The Balaban J connectivity index is 1.89. The minimum Gasteiger partial charge on any atom is -0.464 e. The van der Waals surface area contributed by atoms with Crippen molar-refractivity contribution in [2.45, 2.75) is 57.8 Å². The van der Waals surface area contributed by atoms with E-state index in [1.165, 1.54) is 6.92 Å². The Hall–Kier alpha value is -1.92. The van der Waals surface area contributed by atoms with Gasteiger partial charge in [-0.3, -0.25) is 9.59 Å². The van der Waals surface area contributed by atoms with Crippen LogP contribution in [-0.2, 0) is 23.8 Å². The number of carbonyl (C=O) groups excluding carboxylic acids is 2. The van der Waals surface area contributed by atoms with Crippen molar-refractivity contribution in [1.82, 2.24) is 4.90 Å². The number of hydrogen-bond donors (Lipinski definition) is 0. The van der Waals surface area contributed by atoms with Crippen LogP contribution in [0.15, 0.2) is 30.3 Å². The molecule has 24 heavy (non-hydrogen) atoms. The van der Waals surface area contributed by atoms with Gasteiger partial charge in [-0.15, -0.1) is 0 Å². The Morgan fingerprint density at radius 3 is 2.58 bits per heavy atom. The molecule has 0 spiro atoms. The molecule has 0 radical (unpaired) electrons. The fourth-order valence-electron chi connectivity index (χ4n) is 3.48. The summed E-state index contributed by atoms with van der Waals surface area (Å²) in [5.41, 5.74) is 1.01. The number of rotatable bonds is 4. The summed E-state index contributed by atoms with van der Waals surface area (Å²) in [4.78, 5) is 25.9. The van der Waals surface area contributed by atoms with Gasteiger partial charge in [0.1, 0.15) is 12.7 Å². The monoisotopic (exact) mass is 333 g/mol. The number of nitrogens with zero attached hydrogens (tertiary/aromatic N) is 1. The average molecular weight is 333 g/mol. The molecule has 2 aliphatic rings. The molecular weight excluding hydrogens is 310 g/mol. The Labute approximate surface area is 141 Å². The van der Waals surface area contributed by atoms with Crippen molar-refractivity contribution >= 4 is 11.9 Å². The molecule has 1 aromatic carbocycles. The van der Waals surface area contributed by atoms with E-state index in [2.05, 4.69) is 0 Å².